The molecule has 148 valence electrons. The Kier molecular flexibility index (Phi) is 6.59. The second kappa shape index (κ2) is 9.52. The number of nitrogens with one attached hydrogen (secondary N) is 2. The second-order valence-electron chi connectivity index (χ2n) is 6.05. The van der Waals surface area contributed by atoms with E-state index in [4.69, 9.17) is 27.4 Å². The fourth-order valence-corrected chi connectivity index (χ4v) is 2.80. The molecule has 0 bridgehead atoms. The van der Waals surface area contributed by atoms with E-state index in [2.05, 4.69) is 15.6 Å². The molecule has 1 aromatic heterocycles. The van der Waals surface area contributed by atoms with Crippen molar-refractivity contribution >= 4 is 34.7 Å². The van der Waals surface area contributed by atoms with Crippen LogP contribution in [0.4, 0.5) is 11.5 Å². The molecule has 29 heavy (non-hydrogen) atoms. The van der Waals surface area contributed by atoms with Crippen molar-refractivity contribution in [2.45, 2.75) is 6.42 Å². The number of pyridine rings is 1. The summed E-state index contributed by atoms with van der Waals surface area (Å²) in [5.41, 5.74) is 7.16. The molecule has 0 saturated heterocycles. The summed E-state index contributed by atoms with van der Waals surface area (Å²) in [6.07, 6.45) is 1.80. The highest BCUT2D eigenvalue weighted by molar-refractivity contribution is 7.80. The number of nitrogen functional groups attached to an aromatic ring is 1. The van der Waals surface area contributed by atoms with Gasteiger partial charge in [0.05, 0.1) is 19.2 Å². The Morgan fingerprint density at radius 2 is 1.86 bits per heavy atom. The monoisotopic (exact) mass is 408 g/mol. The number of hydrogen-bond acceptors (Lipinski definition) is 6. The van der Waals surface area contributed by atoms with E-state index >= 15 is 0 Å². The molecule has 0 saturated carbocycles. The van der Waals surface area contributed by atoms with Crippen LogP contribution in [0.5, 0.6) is 17.2 Å². The maximum Gasteiger partial charge on any atom is 0.230 e. The Labute approximate surface area is 173 Å². The predicted octanol–water partition coefficient (Wildman–Crippen LogP) is 3.52. The summed E-state index contributed by atoms with van der Waals surface area (Å²) in [6, 6.07) is 17.9. The quantitative estimate of drug-likeness (QED) is 0.537. The Morgan fingerprint density at radius 1 is 1.10 bits per heavy atom. The normalized spacial score (nSPS) is 10.1. The van der Waals surface area contributed by atoms with Gasteiger partial charge in [0.1, 0.15) is 23.1 Å². The number of ether oxygens (including phenoxy) is 2. The third kappa shape index (κ3) is 5.91. The zero-order valence-corrected chi connectivity index (χ0v) is 16.5. The average Bonchev–Trinajstić information content (AvgIpc) is 2.69. The van der Waals surface area contributed by atoms with Crippen LogP contribution in [0.1, 0.15) is 5.56 Å². The van der Waals surface area contributed by atoms with Gasteiger partial charge in [-0.1, -0.05) is 30.3 Å². The topological polar surface area (TPSA) is 98.5 Å². The highest BCUT2D eigenvalue weighted by atomic mass is 32.1. The number of nitrogens with zero attached hydrogens (tertiary/aromatic N) is 1. The van der Waals surface area contributed by atoms with E-state index in [-0.39, 0.29) is 17.4 Å². The van der Waals surface area contributed by atoms with E-state index in [1.807, 2.05) is 30.3 Å². The maximum atomic E-state index is 12.1. The SMILES string of the molecule is COc1cc(Oc2ccnc(N)c2)ccc1NC(=S)NC(=O)Cc1ccccc1. The Hall–Kier alpha value is -3.65. The Balaban J connectivity index is 1.62. The molecule has 0 radical (unpaired) electrons. The van der Waals surface area contributed by atoms with Gasteiger partial charge in [-0.15, -0.1) is 0 Å². The zero-order chi connectivity index (χ0) is 20.6. The molecule has 0 atom stereocenters. The number of nitrogens with two attached hydrogens (primary N) is 1. The number of aromatic nitrogens is 1. The largest absolute Gasteiger partial charge is 0.494 e. The average molecular weight is 408 g/mol. The van der Waals surface area contributed by atoms with E-state index < -0.39 is 0 Å². The smallest absolute Gasteiger partial charge is 0.230 e. The number of carbonyl (C=O) groups is 1. The lowest BCUT2D eigenvalue weighted by molar-refractivity contribution is -0.119. The second-order valence-corrected chi connectivity index (χ2v) is 6.45. The van der Waals surface area contributed by atoms with Gasteiger partial charge in [-0.25, -0.2) is 4.98 Å². The van der Waals surface area contributed by atoms with Gasteiger partial charge >= 0.3 is 0 Å². The van der Waals surface area contributed by atoms with Crippen LogP contribution in [-0.2, 0) is 11.2 Å². The minimum Gasteiger partial charge on any atom is -0.494 e. The van der Waals surface area contributed by atoms with Crippen molar-refractivity contribution in [3.8, 4) is 17.2 Å². The van der Waals surface area contributed by atoms with Crippen molar-refractivity contribution in [3.63, 3.8) is 0 Å². The van der Waals surface area contributed by atoms with Gasteiger partial charge in [0, 0.05) is 18.3 Å². The van der Waals surface area contributed by atoms with Gasteiger partial charge in [0.15, 0.2) is 5.11 Å². The number of benzene rings is 2. The van der Waals surface area contributed by atoms with Crippen LogP contribution < -0.4 is 25.8 Å². The Morgan fingerprint density at radius 3 is 2.59 bits per heavy atom. The van der Waals surface area contributed by atoms with Crippen molar-refractivity contribution in [1.29, 1.82) is 0 Å². The molecule has 1 amide bonds. The highest BCUT2D eigenvalue weighted by Crippen LogP contribution is 2.31. The minimum atomic E-state index is -0.206. The first-order valence-corrected chi connectivity index (χ1v) is 9.16. The van der Waals surface area contributed by atoms with Crippen LogP contribution in [0, 0.1) is 0 Å². The van der Waals surface area contributed by atoms with Crippen LogP contribution >= 0.6 is 12.2 Å². The molecule has 7 nitrogen and oxygen atoms in total. The molecular weight excluding hydrogens is 388 g/mol. The molecule has 4 N–H and O–H groups in total. The number of carbonyl (C=O) groups excluding carboxylic acids is 1. The summed E-state index contributed by atoms with van der Waals surface area (Å²) < 4.78 is 11.2. The van der Waals surface area contributed by atoms with Crippen LogP contribution in [-0.4, -0.2) is 23.1 Å². The van der Waals surface area contributed by atoms with Crippen LogP contribution in [0.25, 0.3) is 0 Å². The molecule has 3 rings (SSSR count). The lowest BCUT2D eigenvalue weighted by atomic mass is 10.1. The van der Waals surface area contributed by atoms with E-state index in [9.17, 15) is 4.79 Å². The van der Waals surface area contributed by atoms with Crippen molar-refractivity contribution in [2.24, 2.45) is 0 Å². The summed E-state index contributed by atoms with van der Waals surface area (Å²) >= 11 is 5.24. The molecule has 0 aliphatic rings. The summed E-state index contributed by atoms with van der Waals surface area (Å²) in [5, 5.41) is 5.81. The molecule has 3 aromatic rings. The summed E-state index contributed by atoms with van der Waals surface area (Å²) in [6.45, 7) is 0. The standard InChI is InChI=1S/C21H20N4O3S/c1-27-18-12-15(28-16-9-10-23-19(22)13-16)7-8-17(18)24-21(29)25-20(26)11-14-5-3-2-4-6-14/h2-10,12-13H,11H2,1H3,(H2,22,23)(H2,24,25,26,29). The predicted molar refractivity (Wildman–Crippen MR) is 116 cm³/mol. The molecule has 0 aliphatic carbocycles. The van der Waals surface area contributed by atoms with Crippen LogP contribution in [0.15, 0.2) is 66.9 Å². The highest BCUT2D eigenvalue weighted by Gasteiger charge is 2.10. The molecule has 0 spiro atoms. The number of rotatable bonds is 6. The van der Waals surface area contributed by atoms with Crippen molar-refractivity contribution in [3.05, 3.63) is 72.4 Å². The van der Waals surface area contributed by atoms with Crippen molar-refractivity contribution in [2.75, 3.05) is 18.2 Å². The van der Waals surface area contributed by atoms with E-state index in [0.29, 0.717) is 28.8 Å². The lowest BCUT2D eigenvalue weighted by Crippen LogP contribution is -2.35. The van der Waals surface area contributed by atoms with Crippen LogP contribution in [0.2, 0.25) is 0 Å². The third-order valence-electron chi connectivity index (χ3n) is 3.87. The van der Waals surface area contributed by atoms with Crippen molar-refractivity contribution < 1.29 is 14.3 Å². The summed E-state index contributed by atoms with van der Waals surface area (Å²) in [5.74, 6) is 1.78. The van der Waals surface area contributed by atoms with Gasteiger partial charge in [0.25, 0.3) is 0 Å². The zero-order valence-electron chi connectivity index (χ0n) is 15.7. The molecule has 0 unspecified atom stereocenters. The number of thiocarbonyl (C=S) groups is 1. The number of anilines is 2. The van der Waals surface area contributed by atoms with E-state index in [1.165, 1.54) is 7.11 Å². The van der Waals surface area contributed by atoms with Gasteiger partial charge < -0.3 is 25.8 Å². The summed E-state index contributed by atoms with van der Waals surface area (Å²) in [7, 11) is 1.53. The summed E-state index contributed by atoms with van der Waals surface area (Å²) in [4.78, 5) is 16.1. The first-order chi connectivity index (χ1) is 14.0. The van der Waals surface area contributed by atoms with Crippen molar-refractivity contribution in [1.82, 2.24) is 10.3 Å². The van der Waals surface area contributed by atoms with Gasteiger partial charge in [0.2, 0.25) is 5.91 Å². The van der Waals surface area contributed by atoms with Gasteiger partial charge in [-0.05, 0) is 36.0 Å². The Bertz CT molecular complexity index is 1010. The molecule has 0 aliphatic heterocycles. The lowest BCUT2D eigenvalue weighted by Gasteiger charge is -2.14. The first-order valence-electron chi connectivity index (χ1n) is 8.75. The first kappa shape index (κ1) is 20.1. The fourth-order valence-electron chi connectivity index (χ4n) is 2.57. The molecule has 2 aromatic carbocycles. The number of amides is 1. The molecule has 1 heterocycles. The van der Waals surface area contributed by atoms with E-state index in [1.54, 1.807) is 36.5 Å². The number of hydrogen-bond donors (Lipinski definition) is 3. The minimum absolute atomic E-state index is 0.180. The van der Waals surface area contributed by atoms with Crippen LogP contribution in [0.3, 0.4) is 0 Å². The van der Waals surface area contributed by atoms with Gasteiger partial charge in [-0.2, -0.15) is 0 Å². The molecule has 8 heteroatoms. The number of methoxy groups -OCH3 is 1. The molecular formula is C21H20N4O3S. The maximum absolute atomic E-state index is 12.1. The molecule has 0 fully saturated rings. The van der Waals surface area contributed by atoms with E-state index in [0.717, 1.165) is 5.56 Å². The third-order valence-corrected chi connectivity index (χ3v) is 4.07. The fraction of sp³-hybridized carbons (Fsp3) is 0.0952. The van der Waals surface area contributed by atoms with Gasteiger partial charge in [-0.3, -0.25) is 4.79 Å².